The fourth-order valence-electron chi connectivity index (χ4n) is 7.03. The molecule has 1 heterocycles. The molecule has 11 heteroatoms. The Hall–Kier alpha value is -2.64. The molecule has 0 saturated carbocycles. The first-order valence-corrected chi connectivity index (χ1v) is 24.6. The minimum absolute atomic E-state index is 0.0615. The van der Waals surface area contributed by atoms with Crippen molar-refractivity contribution in [3.63, 3.8) is 0 Å². The molecule has 7 unspecified atom stereocenters. The Bertz CT molecular complexity index is 1220. The van der Waals surface area contributed by atoms with Crippen LogP contribution in [0.1, 0.15) is 187 Å². The molecule has 1 aliphatic rings. The second-order valence-electron chi connectivity index (χ2n) is 16.8. The molecule has 11 nitrogen and oxygen atoms in total. The number of carbonyl (C=O) groups is 2. The summed E-state index contributed by atoms with van der Waals surface area (Å²) >= 11 is 0. The number of rotatable bonds is 40. The van der Waals surface area contributed by atoms with Crippen molar-refractivity contribution in [2.45, 2.75) is 230 Å². The van der Waals surface area contributed by atoms with E-state index < -0.39 is 49.5 Å². The van der Waals surface area contributed by atoms with Crippen LogP contribution in [0.3, 0.4) is 0 Å². The smallest absolute Gasteiger partial charge is 0.305 e. The van der Waals surface area contributed by atoms with Crippen LogP contribution in [0.25, 0.3) is 0 Å². The Morgan fingerprint density at radius 3 is 1.66 bits per heavy atom. The molecule has 1 aliphatic heterocycles. The Morgan fingerprint density at radius 2 is 1.08 bits per heavy atom. The fraction of sp³-hybridized carbons (Fsp3) is 0.765. The summed E-state index contributed by atoms with van der Waals surface area (Å²) in [5.41, 5.74) is 0. The lowest BCUT2D eigenvalue weighted by molar-refractivity contribution is -0.302. The van der Waals surface area contributed by atoms with E-state index in [0.717, 1.165) is 103 Å². The normalized spacial score (nSPS) is 20.7. The van der Waals surface area contributed by atoms with Gasteiger partial charge in [-0.2, -0.15) is 0 Å². The molecular weight excluding hydrogens is 787 g/mol. The molecule has 0 bridgehead atoms. The second-order valence-corrected chi connectivity index (χ2v) is 16.8. The van der Waals surface area contributed by atoms with Gasteiger partial charge in [-0.3, -0.25) is 9.59 Å². The standard InChI is InChI=1S/C51H89NO10/c1-3-5-7-9-11-13-17-21-25-29-33-37-44(54)43(42-61-51-50(59)49(58)48(57)45(41-53)62-51)52-46(55)38-34-30-26-22-19-15-16-20-24-28-32-36-40-60-47(56)39-35-31-27-23-18-14-12-10-8-6-4-2/h7,9-10,12,16-17,20-21,33,37,43-45,48-51,53-54,57-59H,3-6,8,11,13-15,18-19,22-32,34-36,38-42H2,1-2H3,(H,52,55)/b9-7+,12-10-,20-16-,21-17+,37-33+. The van der Waals surface area contributed by atoms with Crippen molar-refractivity contribution in [3.05, 3.63) is 60.8 Å². The molecule has 1 rings (SSSR count). The summed E-state index contributed by atoms with van der Waals surface area (Å²) in [7, 11) is 0. The third-order valence-corrected chi connectivity index (χ3v) is 11.0. The zero-order chi connectivity index (χ0) is 45.3. The average molecular weight is 876 g/mol. The molecule has 62 heavy (non-hydrogen) atoms. The van der Waals surface area contributed by atoms with Crippen molar-refractivity contribution in [1.82, 2.24) is 5.32 Å². The van der Waals surface area contributed by atoms with Crippen molar-refractivity contribution < 1.29 is 49.3 Å². The molecular formula is C51H89NO10. The van der Waals surface area contributed by atoms with E-state index in [2.05, 4.69) is 67.8 Å². The van der Waals surface area contributed by atoms with E-state index in [9.17, 15) is 35.1 Å². The number of hydrogen-bond acceptors (Lipinski definition) is 10. The van der Waals surface area contributed by atoms with Crippen molar-refractivity contribution in [2.75, 3.05) is 19.8 Å². The topological polar surface area (TPSA) is 175 Å². The van der Waals surface area contributed by atoms with E-state index in [0.29, 0.717) is 32.3 Å². The molecule has 1 fully saturated rings. The van der Waals surface area contributed by atoms with Gasteiger partial charge < -0.3 is 45.1 Å². The summed E-state index contributed by atoms with van der Waals surface area (Å²) in [6.45, 7) is 4.09. The average Bonchev–Trinajstić information content (AvgIpc) is 3.27. The number of esters is 1. The third kappa shape index (κ3) is 31.2. The van der Waals surface area contributed by atoms with Gasteiger partial charge in [-0.15, -0.1) is 0 Å². The Kier molecular flexibility index (Phi) is 38.0. The lowest BCUT2D eigenvalue weighted by atomic mass is 9.99. The van der Waals surface area contributed by atoms with E-state index in [-0.39, 0.29) is 18.5 Å². The van der Waals surface area contributed by atoms with Gasteiger partial charge >= 0.3 is 5.97 Å². The van der Waals surface area contributed by atoms with Crippen LogP contribution in [0.2, 0.25) is 0 Å². The first-order valence-electron chi connectivity index (χ1n) is 24.6. The molecule has 0 aromatic rings. The second kappa shape index (κ2) is 41.1. The van der Waals surface area contributed by atoms with Gasteiger partial charge in [0, 0.05) is 12.8 Å². The van der Waals surface area contributed by atoms with Crippen LogP contribution < -0.4 is 5.32 Å². The van der Waals surface area contributed by atoms with E-state index in [4.69, 9.17) is 14.2 Å². The number of unbranched alkanes of at least 4 members (excludes halogenated alkanes) is 18. The third-order valence-electron chi connectivity index (χ3n) is 11.0. The molecule has 1 saturated heterocycles. The molecule has 0 spiro atoms. The fourth-order valence-corrected chi connectivity index (χ4v) is 7.03. The number of aliphatic hydroxyl groups is 5. The van der Waals surface area contributed by atoms with Gasteiger partial charge in [0.05, 0.1) is 32.0 Å². The zero-order valence-electron chi connectivity index (χ0n) is 38.8. The van der Waals surface area contributed by atoms with Gasteiger partial charge in [0.15, 0.2) is 6.29 Å². The molecule has 6 N–H and O–H groups in total. The van der Waals surface area contributed by atoms with E-state index >= 15 is 0 Å². The predicted octanol–water partition coefficient (Wildman–Crippen LogP) is 9.55. The molecule has 7 atom stereocenters. The summed E-state index contributed by atoms with van der Waals surface area (Å²) in [5, 5.41) is 54.1. The molecule has 0 aromatic heterocycles. The van der Waals surface area contributed by atoms with Crippen LogP contribution in [0, 0.1) is 0 Å². The van der Waals surface area contributed by atoms with E-state index in [1.54, 1.807) is 6.08 Å². The first-order chi connectivity index (χ1) is 30.2. The highest BCUT2D eigenvalue weighted by Crippen LogP contribution is 2.22. The highest BCUT2D eigenvalue weighted by Gasteiger charge is 2.44. The number of amides is 1. The van der Waals surface area contributed by atoms with Gasteiger partial charge in [-0.1, -0.05) is 132 Å². The van der Waals surface area contributed by atoms with Crippen molar-refractivity contribution in [3.8, 4) is 0 Å². The molecule has 0 aliphatic carbocycles. The number of allylic oxidation sites excluding steroid dienone is 9. The van der Waals surface area contributed by atoms with Gasteiger partial charge in [-0.05, 0) is 103 Å². The van der Waals surface area contributed by atoms with Crippen molar-refractivity contribution in [1.29, 1.82) is 0 Å². The Balaban J connectivity index is 2.25. The maximum absolute atomic E-state index is 12.9. The van der Waals surface area contributed by atoms with Gasteiger partial charge in [-0.25, -0.2) is 0 Å². The number of ether oxygens (including phenoxy) is 3. The maximum Gasteiger partial charge on any atom is 0.305 e. The summed E-state index contributed by atoms with van der Waals surface area (Å²) in [5.74, 6) is -0.289. The SMILES string of the molecule is CCC/C=C/CC/C=C/CC/C=C/C(O)C(COC1OC(CO)C(O)C(O)C1O)NC(=O)CCCCCCC/C=C\CCCCCOC(=O)CCCCCCC/C=C\CCCC. The number of carbonyl (C=O) groups excluding carboxylic acids is 2. The molecule has 1 amide bonds. The van der Waals surface area contributed by atoms with Crippen LogP contribution in [0.4, 0.5) is 0 Å². The van der Waals surface area contributed by atoms with Gasteiger partial charge in [0.2, 0.25) is 5.91 Å². The van der Waals surface area contributed by atoms with Crippen molar-refractivity contribution in [2.24, 2.45) is 0 Å². The lowest BCUT2D eigenvalue weighted by Gasteiger charge is -2.40. The predicted molar refractivity (Wildman–Crippen MR) is 250 cm³/mol. The minimum Gasteiger partial charge on any atom is -0.466 e. The highest BCUT2D eigenvalue weighted by molar-refractivity contribution is 5.76. The summed E-state index contributed by atoms with van der Waals surface area (Å²) in [4.78, 5) is 24.9. The zero-order valence-corrected chi connectivity index (χ0v) is 38.8. The lowest BCUT2D eigenvalue weighted by Crippen LogP contribution is -2.60. The number of hydrogen-bond donors (Lipinski definition) is 6. The largest absolute Gasteiger partial charge is 0.466 e. The Morgan fingerprint density at radius 1 is 0.581 bits per heavy atom. The molecule has 0 radical (unpaired) electrons. The molecule has 0 aromatic carbocycles. The van der Waals surface area contributed by atoms with Crippen molar-refractivity contribution >= 4 is 11.9 Å². The van der Waals surface area contributed by atoms with Gasteiger partial charge in [0.25, 0.3) is 0 Å². The first kappa shape index (κ1) is 57.4. The van der Waals surface area contributed by atoms with Crippen LogP contribution in [-0.4, -0.2) is 100 Å². The van der Waals surface area contributed by atoms with Crippen LogP contribution in [0.5, 0.6) is 0 Å². The van der Waals surface area contributed by atoms with Crippen LogP contribution in [-0.2, 0) is 23.8 Å². The monoisotopic (exact) mass is 876 g/mol. The number of nitrogens with one attached hydrogen (secondary N) is 1. The maximum atomic E-state index is 12.9. The minimum atomic E-state index is -1.59. The Labute approximate surface area is 376 Å². The van der Waals surface area contributed by atoms with E-state index in [1.165, 1.54) is 44.9 Å². The highest BCUT2D eigenvalue weighted by atomic mass is 16.7. The number of aliphatic hydroxyl groups excluding tert-OH is 5. The quantitative estimate of drug-likeness (QED) is 0.0198. The van der Waals surface area contributed by atoms with E-state index in [1.807, 2.05) is 6.08 Å². The summed E-state index contributed by atoms with van der Waals surface area (Å²) < 4.78 is 16.6. The summed E-state index contributed by atoms with van der Waals surface area (Å²) in [6, 6.07) is -0.853. The van der Waals surface area contributed by atoms with Crippen LogP contribution >= 0.6 is 0 Å². The van der Waals surface area contributed by atoms with Crippen LogP contribution in [0.15, 0.2) is 60.8 Å². The summed E-state index contributed by atoms with van der Waals surface area (Å²) in [6.07, 6.45) is 40.1. The van der Waals surface area contributed by atoms with Gasteiger partial charge in [0.1, 0.15) is 24.4 Å². The molecule has 358 valence electrons.